The molecule has 5 heteroatoms. The Kier molecular flexibility index (Phi) is 6.25. The molecule has 1 aromatic rings. The van der Waals surface area contributed by atoms with Gasteiger partial charge in [0.1, 0.15) is 0 Å². The maximum atomic E-state index is 12.2. The molecule has 2 rings (SSSR count). The Morgan fingerprint density at radius 3 is 3.00 bits per heavy atom. The Bertz CT molecular complexity index is 399. The second-order valence-electron chi connectivity index (χ2n) is 5.09. The van der Waals surface area contributed by atoms with Gasteiger partial charge in [-0.2, -0.15) is 0 Å². The van der Waals surface area contributed by atoms with Gasteiger partial charge in [-0.25, -0.2) is 0 Å². The molecule has 0 aromatic carbocycles. The summed E-state index contributed by atoms with van der Waals surface area (Å²) in [5, 5.41) is 6.44. The SMILES string of the molecule is CC(NC(=O)[C@H]1CCN[C@@H](C)C1)c1cccnc1.Cl. The number of pyridine rings is 1. The van der Waals surface area contributed by atoms with Crippen molar-refractivity contribution < 1.29 is 4.79 Å². The van der Waals surface area contributed by atoms with Gasteiger partial charge in [0.25, 0.3) is 0 Å². The molecule has 0 radical (unpaired) electrons. The highest BCUT2D eigenvalue weighted by Crippen LogP contribution is 2.18. The van der Waals surface area contributed by atoms with Crippen molar-refractivity contribution in [1.82, 2.24) is 15.6 Å². The summed E-state index contributed by atoms with van der Waals surface area (Å²) in [6.45, 7) is 5.06. The van der Waals surface area contributed by atoms with E-state index in [1.807, 2.05) is 19.1 Å². The molecule has 106 valence electrons. The largest absolute Gasteiger partial charge is 0.349 e. The number of rotatable bonds is 3. The third kappa shape index (κ3) is 4.48. The number of hydrogen-bond donors (Lipinski definition) is 2. The van der Waals surface area contributed by atoms with Gasteiger partial charge in [-0.3, -0.25) is 9.78 Å². The van der Waals surface area contributed by atoms with E-state index in [9.17, 15) is 4.79 Å². The summed E-state index contributed by atoms with van der Waals surface area (Å²) in [6.07, 6.45) is 5.39. The molecule has 19 heavy (non-hydrogen) atoms. The summed E-state index contributed by atoms with van der Waals surface area (Å²) >= 11 is 0. The van der Waals surface area contributed by atoms with Gasteiger partial charge in [-0.15, -0.1) is 12.4 Å². The molecule has 4 nitrogen and oxygen atoms in total. The smallest absolute Gasteiger partial charge is 0.223 e. The lowest BCUT2D eigenvalue weighted by Gasteiger charge is -2.28. The number of piperidine rings is 1. The molecule has 1 saturated heterocycles. The van der Waals surface area contributed by atoms with Crippen molar-refractivity contribution in [3.05, 3.63) is 30.1 Å². The van der Waals surface area contributed by atoms with Crippen LogP contribution < -0.4 is 10.6 Å². The van der Waals surface area contributed by atoms with Crippen LogP contribution in [0.4, 0.5) is 0 Å². The maximum Gasteiger partial charge on any atom is 0.223 e. The first-order chi connectivity index (χ1) is 8.66. The fraction of sp³-hybridized carbons (Fsp3) is 0.571. The molecule has 0 aliphatic carbocycles. The highest BCUT2D eigenvalue weighted by atomic mass is 35.5. The highest BCUT2D eigenvalue weighted by molar-refractivity contribution is 5.85. The lowest BCUT2D eigenvalue weighted by molar-refractivity contribution is -0.126. The molecule has 2 heterocycles. The Balaban J connectivity index is 0.00000180. The minimum Gasteiger partial charge on any atom is -0.349 e. The van der Waals surface area contributed by atoms with Crippen LogP contribution in [0.1, 0.15) is 38.3 Å². The van der Waals surface area contributed by atoms with Crippen molar-refractivity contribution >= 4 is 18.3 Å². The van der Waals surface area contributed by atoms with Crippen molar-refractivity contribution in [2.24, 2.45) is 5.92 Å². The Morgan fingerprint density at radius 2 is 2.37 bits per heavy atom. The van der Waals surface area contributed by atoms with Crippen LogP contribution in [0, 0.1) is 5.92 Å². The fourth-order valence-electron chi connectivity index (χ4n) is 2.42. The van der Waals surface area contributed by atoms with Crippen LogP contribution in [-0.4, -0.2) is 23.5 Å². The normalized spacial score (nSPS) is 24.1. The molecule has 2 N–H and O–H groups in total. The van der Waals surface area contributed by atoms with Crippen LogP contribution in [0.2, 0.25) is 0 Å². The second kappa shape index (κ2) is 7.46. The average molecular weight is 284 g/mol. The van der Waals surface area contributed by atoms with Crippen molar-refractivity contribution in [2.75, 3.05) is 6.54 Å². The number of carbonyl (C=O) groups excluding carboxylic acids is 1. The molecule has 0 spiro atoms. The molecule has 1 aliphatic rings. The van der Waals surface area contributed by atoms with Crippen molar-refractivity contribution in [1.29, 1.82) is 0 Å². The van der Waals surface area contributed by atoms with Crippen LogP contribution in [0.15, 0.2) is 24.5 Å². The zero-order valence-electron chi connectivity index (χ0n) is 11.4. The number of carbonyl (C=O) groups is 1. The number of nitrogens with zero attached hydrogens (tertiary/aromatic N) is 1. The molecule has 1 unspecified atom stereocenters. The standard InChI is InChI=1S/C14H21N3O.ClH/c1-10-8-12(5-7-16-10)14(18)17-11(2)13-4-3-6-15-9-13;/h3-4,6,9-12,16H,5,7-8H2,1-2H3,(H,17,18);1H/t10-,11?,12-;/m0./s1. The predicted molar refractivity (Wildman–Crippen MR) is 78.2 cm³/mol. The third-order valence-electron chi connectivity index (χ3n) is 3.54. The van der Waals surface area contributed by atoms with Gasteiger partial charge in [0, 0.05) is 24.4 Å². The van der Waals surface area contributed by atoms with E-state index in [1.54, 1.807) is 12.4 Å². The molecular formula is C14H22ClN3O. The van der Waals surface area contributed by atoms with Crippen LogP contribution >= 0.6 is 12.4 Å². The molecule has 1 amide bonds. The van der Waals surface area contributed by atoms with E-state index in [4.69, 9.17) is 0 Å². The van der Waals surface area contributed by atoms with Crippen LogP contribution in [0.25, 0.3) is 0 Å². The molecular weight excluding hydrogens is 262 g/mol. The quantitative estimate of drug-likeness (QED) is 0.893. The lowest BCUT2D eigenvalue weighted by Crippen LogP contribution is -2.42. The average Bonchev–Trinajstić information content (AvgIpc) is 2.39. The van der Waals surface area contributed by atoms with E-state index >= 15 is 0 Å². The Morgan fingerprint density at radius 1 is 1.58 bits per heavy atom. The molecule has 0 saturated carbocycles. The number of amides is 1. The summed E-state index contributed by atoms with van der Waals surface area (Å²) in [7, 11) is 0. The first-order valence-electron chi connectivity index (χ1n) is 6.60. The Hall–Kier alpha value is -1.13. The molecule has 1 aromatic heterocycles. The van der Waals surface area contributed by atoms with Gasteiger partial charge in [0.15, 0.2) is 0 Å². The van der Waals surface area contributed by atoms with Crippen LogP contribution in [0.3, 0.4) is 0 Å². The second-order valence-corrected chi connectivity index (χ2v) is 5.09. The van der Waals surface area contributed by atoms with E-state index < -0.39 is 0 Å². The highest BCUT2D eigenvalue weighted by Gasteiger charge is 2.25. The number of aromatic nitrogens is 1. The first-order valence-corrected chi connectivity index (χ1v) is 6.60. The van der Waals surface area contributed by atoms with E-state index in [0.29, 0.717) is 6.04 Å². The van der Waals surface area contributed by atoms with Crippen molar-refractivity contribution in [3.63, 3.8) is 0 Å². The number of nitrogens with one attached hydrogen (secondary N) is 2. The number of hydrogen-bond acceptors (Lipinski definition) is 3. The fourth-order valence-corrected chi connectivity index (χ4v) is 2.42. The van der Waals surface area contributed by atoms with Gasteiger partial charge >= 0.3 is 0 Å². The Labute approximate surface area is 120 Å². The first kappa shape index (κ1) is 15.9. The van der Waals surface area contributed by atoms with Gasteiger partial charge in [0.05, 0.1) is 6.04 Å². The zero-order valence-corrected chi connectivity index (χ0v) is 12.2. The summed E-state index contributed by atoms with van der Waals surface area (Å²) < 4.78 is 0. The maximum absolute atomic E-state index is 12.2. The predicted octanol–water partition coefficient (Wildman–Crippen LogP) is 2.07. The van der Waals surface area contributed by atoms with Crippen molar-refractivity contribution in [3.8, 4) is 0 Å². The molecule has 3 atom stereocenters. The number of halogens is 1. The van der Waals surface area contributed by atoms with Gasteiger partial charge in [-0.1, -0.05) is 6.07 Å². The van der Waals surface area contributed by atoms with Gasteiger partial charge < -0.3 is 10.6 Å². The van der Waals surface area contributed by atoms with Gasteiger partial charge in [0.2, 0.25) is 5.91 Å². The summed E-state index contributed by atoms with van der Waals surface area (Å²) in [4.78, 5) is 16.2. The van der Waals surface area contributed by atoms with E-state index in [0.717, 1.165) is 24.9 Å². The third-order valence-corrected chi connectivity index (χ3v) is 3.54. The monoisotopic (exact) mass is 283 g/mol. The van der Waals surface area contributed by atoms with Crippen LogP contribution in [0.5, 0.6) is 0 Å². The van der Waals surface area contributed by atoms with Crippen molar-refractivity contribution in [2.45, 2.75) is 38.8 Å². The summed E-state index contributed by atoms with van der Waals surface area (Å²) in [5.41, 5.74) is 1.05. The molecule has 0 bridgehead atoms. The summed E-state index contributed by atoms with van der Waals surface area (Å²) in [6, 6.07) is 4.34. The molecule has 1 aliphatic heterocycles. The molecule has 1 fully saturated rings. The minimum absolute atomic E-state index is 0. The van der Waals surface area contributed by atoms with E-state index in [-0.39, 0.29) is 30.3 Å². The zero-order chi connectivity index (χ0) is 13.0. The summed E-state index contributed by atoms with van der Waals surface area (Å²) in [5.74, 6) is 0.306. The van der Waals surface area contributed by atoms with E-state index in [2.05, 4.69) is 22.5 Å². The topological polar surface area (TPSA) is 54.0 Å². The lowest BCUT2D eigenvalue weighted by atomic mass is 9.92. The van der Waals surface area contributed by atoms with Crippen LogP contribution in [-0.2, 0) is 4.79 Å². The van der Waals surface area contributed by atoms with E-state index in [1.165, 1.54) is 0 Å². The van der Waals surface area contributed by atoms with Gasteiger partial charge in [-0.05, 0) is 44.9 Å². The minimum atomic E-state index is 0.